The predicted octanol–water partition coefficient (Wildman–Crippen LogP) is 3.24. The maximum Gasteiger partial charge on any atom is 0.124 e. The summed E-state index contributed by atoms with van der Waals surface area (Å²) in [5.41, 5.74) is 1.27. The van der Waals surface area contributed by atoms with Crippen molar-refractivity contribution in [3.63, 3.8) is 0 Å². The average molecular weight is 233 g/mol. The molecule has 17 heavy (non-hydrogen) atoms. The van der Waals surface area contributed by atoms with Gasteiger partial charge in [0.05, 0.1) is 11.7 Å². The second kappa shape index (κ2) is 4.35. The van der Waals surface area contributed by atoms with Crippen LogP contribution in [0.5, 0.6) is 0 Å². The number of rotatable bonds is 4. The van der Waals surface area contributed by atoms with Crippen molar-refractivity contribution in [1.82, 2.24) is 9.78 Å². The molecule has 1 fully saturated rings. The molecule has 2 aliphatic rings. The van der Waals surface area contributed by atoms with Gasteiger partial charge in [0.2, 0.25) is 0 Å². The second-order valence-electron chi connectivity index (χ2n) is 6.02. The molecule has 0 amide bonds. The lowest BCUT2D eigenvalue weighted by molar-refractivity contribution is 0.373. The molecule has 1 atom stereocenters. The molecular weight excluding hydrogens is 210 g/mol. The maximum atomic E-state index is 4.82. The minimum Gasteiger partial charge on any atom is -0.370 e. The third-order valence-corrected chi connectivity index (χ3v) is 3.99. The summed E-state index contributed by atoms with van der Waals surface area (Å²) >= 11 is 0. The Morgan fingerprint density at radius 1 is 1.41 bits per heavy atom. The van der Waals surface area contributed by atoms with Crippen LogP contribution in [0, 0.1) is 11.8 Å². The highest BCUT2D eigenvalue weighted by Gasteiger charge is 2.35. The Hall–Kier alpha value is -0.990. The standard InChI is InChI=1S/C14H23N3/c1-10(2)3-6-12-9-14-15-8-7-13(11-4-5-11)17(14)16-12/h9-11,13,15H,3-8H2,1-2H3. The highest BCUT2D eigenvalue weighted by molar-refractivity contribution is 5.39. The quantitative estimate of drug-likeness (QED) is 0.865. The van der Waals surface area contributed by atoms with Crippen LogP contribution in [0.4, 0.5) is 5.82 Å². The van der Waals surface area contributed by atoms with Crippen LogP contribution < -0.4 is 5.32 Å². The molecule has 0 aromatic carbocycles. The first-order valence-electron chi connectivity index (χ1n) is 7.06. The van der Waals surface area contributed by atoms with Gasteiger partial charge >= 0.3 is 0 Å². The molecule has 1 aromatic rings. The number of hydrogen-bond donors (Lipinski definition) is 1. The van der Waals surface area contributed by atoms with Gasteiger partial charge < -0.3 is 5.32 Å². The van der Waals surface area contributed by atoms with Crippen molar-refractivity contribution in [1.29, 1.82) is 0 Å². The van der Waals surface area contributed by atoms with Gasteiger partial charge in [0.1, 0.15) is 5.82 Å². The van der Waals surface area contributed by atoms with Crippen LogP contribution in [-0.4, -0.2) is 16.3 Å². The number of nitrogens with one attached hydrogen (secondary N) is 1. The van der Waals surface area contributed by atoms with Crippen LogP contribution in [0.1, 0.15) is 51.3 Å². The van der Waals surface area contributed by atoms with E-state index in [1.165, 1.54) is 37.2 Å². The molecule has 3 rings (SSSR count). The molecule has 3 nitrogen and oxygen atoms in total. The van der Waals surface area contributed by atoms with Crippen LogP contribution in [0.25, 0.3) is 0 Å². The van der Waals surface area contributed by atoms with Crippen molar-refractivity contribution in [3.05, 3.63) is 11.8 Å². The van der Waals surface area contributed by atoms with Crippen molar-refractivity contribution < 1.29 is 0 Å². The Balaban J connectivity index is 1.75. The van der Waals surface area contributed by atoms with E-state index >= 15 is 0 Å². The van der Waals surface area contributed by atoms with Gasteiger partial charge in [0.25, 0.3) is 0 Å². The summed E-state index contributed by atoms with van der Waals surface area (Å²) in [6, 6.07) is 2.94. The lowest BCUT2D eigenvalue weighted by Crippen LogP contribution is -2.24. The SMILES string of the molecule is CC(C)CCc1cc2n(n1)C(C1CC1)CCN2. The molecule has 94 valence electrons. The number of hydrogen-bond acceptors (Lipinski definition) is 2. The fourth-order valence-electron chi connectivity index (χ4n) is 2.78. The highest BCUT2D eigenvalue weighted by Crippen LogP contribution is 2.43. The van der Waals surface area contributed by atoms with Gasteiger partial charge in [0.15, 0.2) is 0 Å². The smallest absolute Gasteiger partial charge is 0.124 e. The maximum absolute atomic E-state index is 4.82. The first-order valence-corrected chi connectivity index (χ1v) is 7.06. The van der Waals surface area contributed by atoms with Crippen LogP contribution >= 0.6 is 0 Å². The van der Waals surface area contributed by atoms with Gasteiger partial charge in [0, 0.05) is 12.6 Å². The lowest BCUT2D eigenvalue weighted by Gasteiger charge is -2.25. The number of aromatic nitrogens is 2. The third-order valence-electron chi connectivity index (χ3n) is 3.99. The van der Waals surface area contributed by atoms with E-state index in [1.807, 2.05) is 0 Å². The van der Waals surface area contributed by atoms with E-state index in [1.54, 1.807) is 0 Å². The lowest BCUT2D eigenvalue weighted by atomic mass is 10.1. The summed E-state index contributed by atoms with van der Waals surface area (Å²) in [6.07, 6.45) is 6.43. The van der Waals surface area contributed by atoms with Crippen LogP contribution in [0.2, 0.25) is 0 Å². The van der Waals surface area contributed by atoms with Gasteiger partial charge in [-0.05, 0) is 43.9 Å². The molecule has 2 heterocycles. The van der Waals surface area contributed by atoms with Gasteiger partial charge in [-0.2, -0.15) is 5.10 Å². The Bertz CT molecular complexity index is 390. The van der Waals surface area contributed by atoms with E-state index in [0.29, 0.717) is 6.04 Å². The molecule has 1 aromatic heterocycles. The summed E-state index contributed by atoms with van der Waals surface area (Å²) < 4.78 is 2.27. The Kier molecular flexibility index (Phi) is 2.85. The fourth-order valence-corrected chi connectivity index (χ4v) is 2.78. The predicted molar refractivity (Wildman–Crippen MR) is 70.3 cm³/mol. The van der Waals surface area contributed by atoms with Crippen LogP contribution in [0.3, 0.4) is 0 Å². The summed E-state index contributed by atoms with van der Waals surface area (Å²) in [6.45, 7) is 5.68. The van der Waals surface area contributed by atoms with E-state index in [-0.39, 0.29) is 0 Å². The normalized spacial score (nSPS) is 23.6. The number of nitrogens with zero attached hydrogens (tertiary/aromatic N) is 2. The molecular formula is C14H23N3. The monoisotopic (exact) mass is 233 g/mol. The minimum absolute atomic E-state index is 0.680. The number of anilines is 1. The topological polar surface area (TPSA) is 29.9 Å². The van der Waals surface area contributed by atoms with Gasteiger partial charge in [-0.3, -0.25) is 0 Å². The number of fused-ring (bicyclic) bond motifs is 1. The minimum atomic E-state index is 0.680. The molecule has 1 aliphatic carbocycles. The van der Waals surface area contributed by atoms with Crippen molar-refractivity contribution >= 4 is 5.82 Å². The zero-order chi connectivity index (χ0) is 11.8. The molecule has 1 unspecified atom stereocenters. The molecule has 3 heteroatoms. The molecule has 0 bridgehead atoms. The van der Waals surface area contributed by atoms with Gasteiger partial charge in [-0.25, -0.2) is 4.68 Å². The van der Waals surface area contributed by atoms with Crippen molar-refractivity contribution in [3.8, 4) is 0 Å². The molecule has 0 spiro atoms. The fraction of sp³-hybridized carbons (Fsp3) is 0.786. The van der Waals surface area contributed by atoms with Crippen molar-refractivity contribution in [2.75, 3.05) is 11.9 Å². The van der Waals surface area contributed by atoms with E-state index in [4.69, 9.17) is 5.10 Å². The third kappa shape index (κ3) is 2.33. The van der Waals surface area contributed by atoms with Crippen molar-refractivity contribution in [2.45, 2.75) is 52.0 Å². The first-order chi connectivity index (χ1) is 8.24. The Labute approximate surface area is 104 Å². The molecule has 1 aliphatic heterocycles. The summed E-state index contributed by atoms with van der Waals surface area (Å²) in [5, 5.41) is 8.30. The first kappa shape index (κ1) is 11.1. The Morgan fingerprint density at radius 2 is 2.24 bits per heavy atom. The summed E-state index contributed by atoms with van der Waals surface area (Å²) in [7, 11) is 0. The second-order valence-corrected chi connectivity index (χ2v) is 6.02. The van der Waals surface area contributed by atoms with Crippen molar-refractivity contribution in [2.24, 2.45) is 11.8 Å². The van der Waals surface area contributed by atoms with Gasteiger partial charge in [-0.1, -0.05) is 13.8 Å². The summed E-state index contributed by atoms with van der Waals surface area (Å²) in [5.74, 6) is 2.93. The molecule has 0 saturated heterocycles. The van der Waals surface area contributed by atoms with Crippen LogP contribution in [-0.2, 0) is 6.42 Å². The van der Waals surface area contributed by atoms with E-state index in [0.717, 1.165) is 24.8 Å². The Morgan fingerprint density at radius 3 is 2.94 bits per heavy atom. The zero-order valence-corrected chi connectivity index (χ0v) is 10.9. The molecule has 1 N–H and O–H groups in total. The zero-order valence-electron chi connectivity index (χ0n) is 10.9. The van der Waals surface area contributed by atoms with E-state index in [9.17, 15) is 0 Å². The van der Waals surface area contributed by atoms with E-state index in [2.05, 4.69) is 29.9 Å². The number of aryl methyl sites for hydroxylation is 1. The van der Waals surface area contributed by atoms with Gasteiger partial charge in [-0.15, -0.1) is 0 Å². The molecule has 0 radical (unpaired) electrons. The highest BCUT2D eigenvalue weighted by atomic mass is 15.4. The summed E-state index contributed by atoms with van der Waals surface area (Å²) in [4.78, 5) is 0. The average Bonchev–Trinajstić information content (AvgIpc) is 3.05. The van der Waals surface area contributed by atoms with E-state index < -0.39 is 0 Å². The molecule has 1 saturated carbocycles. The van der Waals surface area contributed by atoms with Crippen LogP contribution in [0.15, 0.2) is 6.07 Å². The largest absolute Gasteiger partial charge is 0.370 e.